The van der Waals surface area contributed by atoms with E-state index >= 15 is 0 Å². The maximum Gasteiger partial charge on any atom is 0.147 e. The van der Waals surface area contributed by atoms with Gasteiger partial charge in [0.05, 0.1) is 6.10 Å². The lowest BCUT2D eigenvalue weighted by Crippen LogP contribution is -2.32. The maximum atomic E-state index is 5.81. The van der Waals surface area contributed by atoms with Crippen LogP contribution >= 0.6 is 0 Å². The first-order chi connectivity index (χ1) is 5.83. The second-order valence-corrected chi connectivity index (χ2v) is 3.33. The van der Waals surface area contributed by atoms with Crippen LogP contribution in [0.2, 0.25) is 0 Å². The molecule has 1 rings (SSSR count). The van der Waals surface area contributed by atoms with Crippen LogP contribution in [0.25, 0.3) is 0 Å². The molecule has 0 spiro atoms. The van der Waals surface area contributed by atoms with Crippen LogP contribution in [-0.4, -0.2) is 25.5 Å². The molecule has 2 atom stereocenters. The summed E-state index contributed by atoms with van der Waals surface area (Å²) >= 11 is 0. The van der Waals surface area contributed by atoms with Gasteiger partial charge in [-0.1, -0.05) is 0 Å². The summed E-state index contributed by atoms with van der Waals surface area (Å²) < 4.78 is 10.6. The number of nitrogens with two attached hydrogens (primary N) is 1. The molecule has 2 N–H and O–H groups in total. The molecule has 0 heterocycles. The third-order valence-corrected chi connectivity index (χ3v) is 2.26. The van der Waals surface area contributed by atoms with Gasteiger partial charge in [0.15, 0.2) is 0 Å². The van der Waals surface area contributed by atoms with E-state index < -0.39 is 0 Å². The van der Waals surface area contributed by atoms with Crippen molar-refractivity contribution in [2.24, 2.45) is 5.73 Å². The molecule has 72 valence electrons. The zero-order chi connectivity index (χ0) is 8.81. The van der Waals surface area contributed by atoms with Gasteiger partial charge in [-0.2, -0.15) is 0 Å². The lowest BCUT2D eigenvalue weighted by Gasteiger charge is -2.26. The molecular weight excluding hydrogens is 154 g/mol. The van der Waals surface area contributed by atoms with Crippen LogP contribution in [0.5, 0.6) is 0 Å². The Morgan fingerprint density at radius 1 is 1.42 bits per heavy atom. The summed E-state index contributed by atoms with van der Waals surface area (Å²) in [6.45, 7) is 3.11. The minimum absolute atomic E-state index is 0.334. The van der Waals surface area contributed by atoms with E-state index in [4.69, 9.17) is 15.2 Å². The number of hydrogen-bond acceptors (Lipinski definition) is 3. The molecule has 3 heteroatoms. The van der Waals surface area contributed by atoms with Gasteiger partial charge >= 0.3 is 0 Å². The van der Waals surface area contributed by atoms with E-state index in [2.05, 4.69) is 0 Å². The van der Waals surface area contributed by atoms with Crippen LogP contribution in [0.3, 0.4) is 0 Å². The predicted octanol–water partition coefficient (Wildman–Crippen LogP) is 1.27. The number of rotatable bonds is 4. The van der Waals surface area contributed by atoms with Crippen molar-refractivity contribution in [3.63, 3.8) is 0 Å². The van der Waals surface area contributed by atoms with Crippen molar-refractivity contribution in [3.8, 4) is 0 Å². The molecule has 0 aromatic heterocycles. The van der Waals surface area contributed by atoms with Crippen molar-refractivity contribution in [2.45, 2.75) is 44.8 Å². The first kappa shape index (κ1) is 9.96. The van der Waals surface area contributed by atoms with E-state index in [1.54, 1.807) is 0 Å². The zero-order valence-electron chi connectivity index (χ0n) is 7.79. The van der Waals surface area contributed by atoms with Crippen molar-refractivity contribution >= 4 is 0 Å². The van der Waals surface area contributed by atoms with Crippen molar-refractivity contribution in [1.82, 2.24) is 0 Å². The molecule has 1 aliphatic rings. The molecule has 0 amide bonds. The smallest absolute Gasteiger partial charge is 0.147 e. The zero-order valence-corrected chi connectivity index (χ0v) is 7.79. The molecule has 1 aliphatic carbocycles. The Bertz CT molecular complexity index is 119. The fraction of sp³-hybridized carbons (Fsp3) is 1.00. The van der Waals surface area contributed by atoms with Gasteiger partial charge in [0.25, 0.3) is 0 Å². The quantitative estimate of drug-likeness (QED) is 0.514. The molecule has 0 saturated heterocycles. The fourth-order valence-corrected chi connectivity index (χ4v) is 1.56. The Hall–Kier alpha value is -0.120. The molecule has 0 bridgehead atoms. The Morgan fingerprint density at radius 3 is 2.92 bits per heavy atom. The molecule has 1 saturated carbocycles. The minimum atomic E-state index is 0.334. The van der Waals surface area contributed by atoms with Crippen LogP contribution in [0.15, 0.2) is 0 Å². The summed E-state index contributed by atoms with van der Waals surface area (Å²) in [6.07, 6.45) is 4.81. The molecule has 1 fully saturated rings. The van der Waals surface area contributed by atoms with Crippen molar-refractivity contribution in [3.05, 3.63) is 0 Å². The molecule has 0 aliphatic heterocycles. The van der Waals surface area contributed by atoms with Crippen LogP contribution in [0, 0.1) is 0 Å². The Morgan fingerprint density at radius 2 is 2.25 bits per heavy atom. The SMILES string of the molecule is CCOCOC1CCCC(N)C1. The first-order valence-corrected chi connectivity index (χ1v) is 4.78. The van der Waals surface area contributed by atoms with Crippen molar-refractivity contribution in [2.75, 3.05) is 13.4 Å². The molecule has 2 unspecified atom stereocenters. The van der Waals surface area contributed by atoms with E-state index in [9.17, 15) is 0 Å². The van der Waals surface area contributed by atoms with Gasteiger partial charge in [0, 0.05) is 12.6 Å². The summed E-state index contributed by atoms with van der Waals surface area (Å²) in [4.78, 5) is 0. The average molecular weight is 173 g/mol. The van der Waals surface area contributed by atoms with Crippen LogP contribution in [0.1, 0.15) is 32.6 Å². The second kappa shape index (κ2) is 5.51. The lowest BCUT2D eigenvalue weighted by molar-refractivity contribution is -0.0967. The number of hydrogen-bond donors (Lipinski definition) is 1. The summed E-state index contributed by atoms with van der Waals surface area (Å²) in [5.41, 5.74) is 5.81. The third kappa shape index (κ3) is 3.52. The fourth-order valence-electron chi connectivity index (χ4n) is 1.56. The molecule has 0 aromatic carbocycles. The van der Waals surface area contributed by atoms with E-state index in [-0.39, 0.29) is 0 Å². The highest BCUT2D eigenvalue weighted by Gasteiger charge is 2.19. The van der Waals surface area contributed by atoms with Gasteiger partial charge in [0.2, 0.25) is 0 Å². The molecule has 3 nitrogen and oxygen atoms in total. The minimum Gasteiger partial charge on any atom is -0.356 e. The van der Waals surface area contributed by atoms with Crippen LogP contribution < -0.4 is 5.73 Å². The maximum absolute atomic E-state index is 5.81. The summed E-state index contributed by atoms with van der Waals surface area (Å²) in [5, 5.41) is 0. The molecule has 0 radical (unpaired) electrons. The van der Waals surface area contributed by atoms with Crippen molar-refractivity contribution < 1.29 is 9.47 Å². The average Bonchev–Trinajstić information content (AvgIpc) is 2.05. The summed E-state index contributed by atoms with van der Waals surface area (Å²) in [6, 6.07) is 0.338. The van der Waals surface area contributed by atoms with Crippen molar-refractivity contribution in [1.29, 1.82) is 0 Å². The largest absolute Gasteiger partial charge is 0.356 e. The highest BCUT2D eigenvalue weighted by atomic mass is 16.7. The Labute approximate surface area is 74.2 Å². The normalized spacial score (nSPS) is 30.5. The van der Waals surface area contributed by atoms with E-state index in [0.717, 1.165) is 25.9 Å². The predicted molar refractivity (Wildman–Crippen MR) is 47.8 cm³/mol. The highest BCUT2D eigenvalue weighted by molar-refractivity contribution is 4.74. The molecular formula is C9H19NO2. The monoisotopic (exact) mass is 173 g/mol. The number of ether oxygens (including phenoxy) is 2. The molecule has 0 aromatic rings. The van der Waals surface area contributed by atoms with Crippen LogP contribution in [0.4, 0.5) is 0 Å². The third-order valence-electron chi connectivity index (χ3n) is 2.26. The van der Waals surface area contributed by atoms with E-state index in [1.165, 1.54) is 6.42 Å². The van der Waals surface area contributed by atoms with E-state index in [1.807, 2.05) is 6.92 Å². The van der Waals surface area contributed by atoms with Gasteiger partial charge in [-0.3, -0.25) is 0 Å². The Balaban J connectivity index is 2.06. The van der Waals surface area contributed by atoms with Gasteiger partial charge in [0.1, 0.15) is 6.79 Å². The van der Waals surface area contributed by atoms with E-state index in [0.29, 0.717) is 18.9 Å². The first-order valence-electron chi connectivity index (χ1n) is 4.78. The Kier molecular flexibility index (Phi) is 4.58. The summed E-state index contributed by atoms with van der Waals surface area (Å²) in [7, 11) is 0. The summed E-state index contributed by atoms with van der Waals surface area (Å²) in [5.74, 6) is 0. The lowest BCUT2D eigenvalue weighted by atomic mass is 9.94. The van der Waals surface area contributed by atoms with Gasteiger partial charge in [-0.15, -0.1) is 0 Å². The topological polar surface area (TPSA) is 44.5 Å². The standard InChI is InChI=1S/C9H19NO2/c1-2-11-7-12-9-5-3-4-8(10)6-9/h8-9H,2-7,10H2,1H3. The van der Waals surface area contributed by atoms with Gasteiger partial charge in [-0.05, 0) is 32.6 Å². The molecule has 12 heavy (non-hydrogen) atoms. The van der Waals surface area contributed by atoms with Gasteiger partial charge < -0.3 is 15.2 Å². The highest BCUT2D eigenvalue weighted by Crippen LogP contribution is 2.19. The van der Waals surface area contributed by atoms with Gasteiger partial charge in [-0.25, -0.2) is 0 Å². The second-order valence-electron chi connectivity index (χ2n) is 3.33. The van der Waals surface area contributed by atoms with Crippen LogP contribution in [-0.2, 0) is 9.47 Å².